The summed E-state index contributed by atoms with van der Waals surface area (Å²) in [6.45, 7) is 4.02. The highest BCUT2D eigenvalue weighted by Crippen LogP contribution is 2.32. The molecule has 2 aromatic heterocycles. The molecule has 2 fully saturated rings. The molecular formula is C21H26F2N8O2. The van der Waals surface area contributed by atoms with Crippen LogP contribution in [0.3, 0.4) is 0 Å². The highest BCUT2D eigenvalue weighted by atomic mass is 19.3. The van der Waals surface area contributed by atoms with Crippen molar-refractivity contribution in [3.8, 4) is 11.7 Å². The number of aromatic nitrogens is 5. The van der Waals surface area contributed by atoms with Crippen LogP contribution in [-0.4, -0.2) is 76.0 Å². The number of morpholine rings is 1. The molecule has 0 unspecified atom stereocenters. The number of nitrogens with zero attached hydrogens (tertiary/aromatic N) is 7. The zero-order chi connectivity index (χ0) is 22.8. The highest BCUT2D eigenvalue weighted by molar-refractivity contribution is 5.84. The van der Waals surface area contributed by atoms with Gasteiger partial charge in [-0.1, -0.05) is 12.5 Å². The van der Waals surface area contributed by atoms with Gasteiger partial charge in [-0.15, -0.1) is 0 Å². The van der Waals surface area contributed by atoms with Crippen molar-refractivity contribution in [3.63, 3.8) is 0 Å². The van der Waals surface area contributed by atoms with E-state index in [9.17, 15) is 8.78 Å². The normalized spacial score (nSPS) is 17.6. The Bertz CT molecular complexity index is 1110. The average Bonchev–Trinajstić information content (AvgIpc) is 3.25. The Morgan fingerprint density at radius 3 is 2.45 bits per heavy atom. The van der Waals surface area contributed by atoms with E-state index in [2.05, 4.69) is 30.4 Å². The molecule has 4 heterocycles. The number of methoxy groups -OCH3 is 1. The van der Waals surface area contributed by atoms with Crippen molar-refractivity contribution in [2.24, 2.45) is 0 Å². The van der Waals surface area contributed by atoms with Gasteiger partial charge in [-0.2, -0.15) is 15.0 Å². The van der Waals surface area contributed by atoms with Crippen LogP contribution in [0.5, 0.6) is 5.75 Å². The molecule has 0 amide bonds. The van der Waals surface area contributed by atoms with Gasteiger partial charge in [0.25, 0.3) is 6.43 Å². The summed E-state index contributed by atoms with van der Waals surface area (Å²) in [7, 11) is 1.48. The lowest BCUT2D eigenvalue weighted by atomic mass is 10.2. The Labute approximate surface area is 189 Å². The standard InChI is InChI=1S/C21H26F2N8O2/c1-32-15-7-5-6-14-16(15)24-18(17(22)23)31(14)21-26-19(28-30-8-3-2-4-9-30)25-20(27-21)29-10-12-33-13-11-29/h5-7,17H,2-4,8-13H2,1H3,(H,25,26,27,28). The fourth-order valence-corrected chi connectivity index (χ4v) is 4.17. The molecule has 0 aliphatic carbocycles. The van der Waals surface area contributed by atoms with E-state index >= 15 is 0 Å². The van der Waals surface area contributed by atoms with E-state index < -0.39 is 12.2 Å². The molecule has 0 atom stereocenters. The van der Waals surface area contributed by atoms with E-state index in [1.54, 1.807) is 18.2 Å². The minimum Gasteiger partial charge on any atom is -0.494 e. The van der Waals surface area contributed by atoms with Crippen LogP contribution in [0.15, 0.2) is 18.2 Å². The molecule has 1 N–H and O–H groups in total. The lowest BCUT2D eigenvalue weighted by Gasteiger charge is -2.29. The lowest BCUT2D eigenvalue weighted by molar-refractivity contribution is 0.122. The van der Waals surface area contributed by atoms with E-state index in [1.165, 1.54) is 18.1 Å². The third kappa shape index (κ3) is 4.40. The van der Waals surface area contributed by atoms with Crippen LogP contribution >= 0.6 is 0 Å². The SMILES string of the molecule is COc1cccc2c1nc(C(F)F)n2-c1nc(NN2CCCCC2)nc(N2CCOCC2)n1. The number of piperidine rings is 1. The van der Waals surface area contributed by atoms with Gasteiger partial charge in [0.1, 0.15) is 11.3 Å². The number of anilines is 2. The maximum absolute atomic E-state index is 14.1. The molecule has 5 rings (SSSR count). The number of nitrogens with one attached hydrogen (secondary N) is 1. The van der Waals surface area contributed by atoms with Crippen molar-refractivity contribution in [3.05, 3.63) is 24.0 Å². The molecule has 2 aliphatic rings. The lowest BCUT2D eigenvalue weighted by Crippen LogP contribution is -2.39. The van der Waals surface area contributed by atoms with Crippen molar-refractivity contribution in [2.75, 3.05) is 56.8 Å². The van der Waals surface area contributed by atoms with Gasteiger partial charge in [0.2, 0.25) is 17.8 Å². The number of fused-ring (bicyclic) bond motifs is 1. The first kappa shape index (κ1) is 21.7. The smallest absolute Gasteiger partial charge is 0.296 e. The molecule has 33 heavy (non-hydrogen) atoms. The third-order valence-electron chi connectivity index (χ3n) is 5.81. The van der Waals surface area contributed by atoms with Gasteiger partial charge in [0.05, 0.1) is 25.8 Å². The van der Waals surface area contributed by atoms with Crippen LogP contribution in [0.1, 0.15) is 31.5 Å². The third-order valence-corrected chi connectivity index (χ3v) is 5.81. The number of rotatable bonds is 6. The van der Waals surface area contributed by atoms with Gasteiger partial charge in [-0.05, 0) is 25.0 Å². The Kier molecular flexibility index (Phi) is 6.18. The van der Waals surface area contributed by atoms with E-state index in [0.717, 1.165) is 25.9 Å². The number of ether oxygens (including phenoxy) is 2. The number of hydrogen-bond donors (Lipinski definition) is 1. The zero-order valence-electron chi connectivity index (χ0n) is 18.4. The summed E-state index contributed by atoms with van der Waals surface area (Å²) in [6.07, 6.45) is 0.496. The van der Waals surface area contributed by atoms with Crippen LogP contribution in [0.25, 0.3) is 17.0 Å². The summed E-state index contributed by atoms with van der Waals surface area (Å²) in [5.41, 5.74) is 4.01. The second-order valence-corrected chi connectivity index (χ2v) is 7.95. The topological polar surface area (TPSA) is 93.5 Å². The van der Waals surface area contributed by atoms with Crippen molar-refractivity contribution in [2.45, 2.75) is 25.7 Å². The summed E-state index contributed by atoms with van der Waals surface area (Å²) >= 11 is 0. The maximum atomic E-state index is 14.1. The first-order valence-electron chi connectivity index (χ1n) is 11.1. The molecule has 10 nitrogen and oxygen atoms in total. The molecular weight excluding hydrogens is 434 g/mol. The first-order valence-corrected chi connectivity index (χ1v) is 11.1. The molecule has 1 aromatic carbocycles. The van der Waals surface area contributed by atoms with Gasteiger partial charge < -0.3 is 14.4 Å². The van der Waals surface area contributed by atoms with Crippen LogP contribution in [0.2, 0.25) is 0 Å². The Morgan fingerprint density at radius 1 is 0.970 bits per heavy atom. The van der Waals surface area contributed by atoms with Crippen molar-refractivity contribution >= 4 is 22.9 Å². The monoisotopic (exact) mass is 460 g/mol. The van der Waals surface area contributed by atoms with Gasteiger partial charge >= 0.3 is 0 Å². The molecule has 176 valence electrons. The minimum absolute atomic E-state index is 0.0806. The first-order chi connectivity index (χ1) is 16.1. The molecule has 0 spiro atoms. The van der Waals surface area contributed by atoms with E-state index in [4.69, 9.17) is 9.47 Å². The number of halogens is 2. The molecule has 0 saturated carbocycles. The van der Waals surface area contributed by atoms with Crippen LogP contribution in [0, 0.1) is 0 Å². The number of imidazole rings is 1. The number of benzene rings is 1. The second-order valence-electron chi connectivity index (χ2n) is 7.95. The minimum atomic E-state index is -2.83. The second kappa shape index (κ2) is 9.40. The zero-order valence-corrected chi connectivity index (χ0v) is 18.4. The Hall–Kier alpha value is -3.12. The molecule has 2 aliphatic heterocycles. The molecule has 12 heteroatoms. The summed E-state index contributed by atoms with van der Waals surface area (Å²) < 4.78 is 40.2. The molecule has 2 saturated heterocycles. The predicted molar refractivity (Wildman–Crippen MR) is 118 cm³/mol. The van der Waals surface area contributed by atoms with Crippen molar-refractivity contribution in [1.82, 2.24) is 29.5 Å². The van der Waals surface area contributed by atoms with Gasteiger partial charge in [-0.3, -0.25) is 9.99 Å². The van der Waals surface area contributed by atoms with Crippen LogP contribution < -0.4 is 15.1 Å². The van der Waals surface area contributed by atoms with Gasteiger partial charge in [0, 0.05) is 26.2 Å². The quantitative estimate of drug-likeness (QED) is 0.596. The van der Waals surface area contributed by atoms with E-state index in [-0.39, 0.29) is 5.95 Å². The molecule has 0 radical (unpaired) electrons. The number of hydrazine groups is 1. The number of alkyl halides is 2. The maximum Gasteiger partial charge on any atom is 0.296 e. The molecule has 0 bridgehead atoms. The fraction of sp³-hybridized carbons (Fsp3) is 0.524. The Morgan fingerprint density at radius 2 is 1.73 bits per heavy atom. The van der Waals surface area contributed by atoms with Crippen LogP contribution in [0.4, 0.5) is 20.7 Å². The summed E-state index contributed by atoms with van der Waals surface area (Å²) in [5.74, 6) is 0.762. The van der Waals surface area contributed by atoms with Crippen LogP contribution in [-0.2, 0) is 4.74 Å². The number of hydrogen-bond acceptors (Lipinski definition) is 9. The fourth-order valence-electron chi connectivity index (χ4n) is 4.17. The van der Waals surface area contributed by atoms with Gasteiger partial charge in [0.15, 0.2) is 5.82 Å². The summed E-state index contributed by atoms with van der Waals surface area (Å²) in [5, 5.41) is 2.05. The largest absolute Gasteiger partial charge is 0.494 e. The molecule has 3 aromatic rings. The van der Waals surface area contributed by atoms with Crippen molar-refractivity contribution < 1.29 is 18.3 Å². The Balaban J connectivity index is 1.64. The average molecular weight is 460 g/mol. The summed E-state index contributed by atoms with van der Waals surface area (Å²) in [6, 6.07) is 5.11. The van der Waals surface area contributed by atoms with E-state index in [1.807, 2.05) is 4.90 Å². The number of para-hydroxylation sites is 1. The predicted octanol–water partition coefficient (Wildman–Crippen LogP) is 2.81. The highest BCUT2D eigenvalue weighted by Gasteiger charge is 2.26. The van der Waals surface area contributed by atoms with E-state index in [0.29, 0.717) is 55.0 Å². The summed E-state index contributed by atoms with van der Waals surface area (Å²) in [4.78, 5) is 19.8. The van der Waals surface area contributed by atoms with Gasteiger partial charge in [-0.25, -0.2) is 18.8 Å². The van der Waals surface area contributed by atoms with Crippen molar-refractivity contribution in [1.29, 1.82) is 0 Å².